The first-order chi connectivity index (χ1) is 20.5. The van der Waals surface area contributed by atoms with Gasteiger partial charge in [0.15, 0.2) is 11.2 Å². The normalized spacial score (nSPS) is 10.6. The molecule has 3 aromatic rings. The van der Waals surface area contributed by atoms with Crippen molar-refractivity contribution in [2.24, 2.45) is 9.98 Å². The molecule has 17 nitrogen and oxygen atoms in total. The summed E-state index contributed by atoms with van der Waals surface area (Å²) in [5.41, 5.74) is 6.47. The predicted octanol–water partition coefficient (Wildman–Crippen LogP) is 0.684. The number of benzene rings is 1. The number of halogens is 1. The smallest absolute Gasteiger partial charge is 0.326 e. The van der Waals surface area contributed by atoms with E-state index in [1.807, 2.05) is 6.92 Å². The molecule has 0 bridgehead atoms. The fourth-order valence-corrected chi connectivity index (χ4v) is 3.39. The van der Waals surface area contributed by atoms with Crippen LogP contribution in [0.5, 0.6) is 0 Å². The number of aromatic amines is 1. The highest BCUT2D eigenvalue weighted by atomic mass is 35.5. The number of amides is 1. The van der Waals surface area contributed by atoms with Crippen LogP contribution in [0.4, 0.5) is 11.6 Å². The van der Waals surface area contributed by atoms with Crippen molar-refractivity contribution in [2.45, 2.75) is 38.8 Å². The molecule has 0 aliphatic rings. The second kappa shape index (κ2) is 20.9. The molecule has 45 heavy (non-hydrogen) atoms. The number of carboxylic acids is 2. The number of carboxylic acid groups (broad SMARTS) is 2. The van der Waals surface area contributed by atoms with E-state index in [9.17, 15) is 19.2 Å². The third-order valence-electron chi connectivity index (χ3n) is 5.53. The summed E-state index contributed by atoms with van der Waals surface area (Å²) in [5, 5.41) is 23.2. The molecule has 0 spiro atoms. The van der Waals surface area contributed by atoms with Gasteiger partial charge < -0.3 is 37.0 Å². The summed E-state index contributed by atoms with van der Waals surface area (Å²) in [7, 11) is 4.12. The number of nitrogens with two attached hydrogens (primary N) is 1. The molecular weight excluding hydrogens is 612 g/mol. The number of H-pyrrole nitrogens is 1. The van der Waals surface area contributed by atoms with E-state index in [1.165, 1.54) is 18.3 Å². The van der Waals surface area contributed by atoms with E-state index in [1.54, 1.807) is 12.1 Å². The van der Waals surface area contributed by atoms with E-state index in [-0.39, 0.29) is 59.9 Å². The lowest BCUT2D eigenvalue weighted by atomic mass is 10.1. The van der Waals surface area contributed by atoms with Gasteiger partial charge in [-0.25, -0.2) is 24.7 Å². The van der Waals surface area contributed by atoms with E-state index < -0.39 is 29.4 Å². The van der Waals surface area contributed by atoms with Crippen molar-refractivity contribution >= 4 is 59.1 Å². The van der Waals surface area contributed by atoms with Gasteiger partial charge in [0.1, 0.15) is 6.04 Å². The van der Waals surface area contributed by atoms with Gasteiger partial charge in [-0.15, -0.1) is 12.4 Å². The first kappa shape index (κ1) is 40.0. The summed E-state index contributed by atoms with van der Waals surface area (Å²) >= 11 is 0. The molecule has 18 heteroatoms. The second-order valence-corrected chi connectivity index (χ2v) is 9.33. The number of aromatic nitrogens is 4. The van der Waals surface area contributed by atoms with Crippen molar-refractivity contribution in [1.82, 2.24) is 30.2 Å². The molecule has 9 N–H and O–H groups in total. The third-order valence-corrected chi connectivity index (χ3v) is 5.53. The van der Waals surface area contributed by atoms with Crippen LogP contribution in [-0.2, 0) is 16.1 Å². The molecule has 1 aromatic carbocycles. The molecule has 0 radical (unpaired) electrons. The van der Waals surface area contributed by atoms with Crippen molar-refractivity contribution in [2.75, 3.05) is 44.8 Å². The summed E-state index contributed by atoms with van der Waals surface area (Å²) < 4.78 is 0. The van der Waals surface area contributed by atoms with Crippen molar-refractivity contribution in [3.63, 3.8) is 0 Å². The molecule has 0 aliphatic heterocycles. The van der Waals surface area contributed by atoms with Crippen LogP contribution in [0.25, 0.3) is 11.2 Å². The van der Waals surface area contributed by atoms with Crippen LogP contribution in [0.2, 0.25) is 0 Å². The number of nitrogens with one attached hydrogen (secondary N) is 3. The van der Waals surface area contributed by atoms with Crippen LogP contribution in [-0.4, -0.2) is 104 Å². The number of nitrogen functional groups attached to an aromatic ring is 1. The molecule has 2 heterocycles. The maximum absolute atomic E-state index is 12.3. The zero-order chi connectivity index (χ0) is 31.8. The van der Waals surface area contributed by atoms with Crippen LogP contribution < -0.4 is 21.9 Å². The molecule has 2 aromatic heterocycles. The number of hydrogen-bond acceptors (Lipinski definition) is 12. The lowest BCUT2D eigenvalue weighted by Gasteiger charge is -2.14. The number of fused-ring (bicyclic) bond motifs is 1. The Morgan fingerprint density at radius 1 is 1.13 bits per heavy atom. The zero-order valence-corrected chi connectivity index (χ0v) is 25.9. The quantitative estimate of drug-likeness (QED) is 0.104. The Hall–Kier alpha value is -4.96. The van der Waals surface area contributed by atoms with Gasteiger partial charge in [-0.2, -0.15) is 4.98 Å². The van der Waals surface area contributed by atoms with E-state index >= 15 is 0 Å². The third kappa shape index (κ3) is 14.9. The zero-order valence-electron chi connectivity index (χ0n) is 25.1. The monoisotopic (exact) mass is 650 g/mol. The average molecular weight is 651 g/mol. The van der Waals surface area contributed by atoms with Gasteiger partial charge in [0, 0.05) is 24.2 Å². The number of carbonyl (C=O) groups is 3. The van der Waals surface area contributed by atoms with Crippen molar-refractivity contribution in [3.8, 4) is 0 Å². The van der Waals surface area contributed by atoms with Gasteiger partial charge in [0.05, 0.1) is 31.0 Å². The summed E-state index contributed by atoms with van der Waals surface area (Å²) in [6.45, 7) is 4.90. The Balaban J connectivity index is 0.00000128. The standard InChI is InChI=1S/C19H19N7O6.C8H17N3.ClH.H2O/c20-19-25-15-14(17(30)26-19)23-11(8-22-15)7-21-10-3-1-9(2-4-10)16(29)24-12(18(31)32)5-6-13(27)28;1-4-9-8-10-6-5-7-11(2)3;;/h1-4,8,12,21H,5-7H2,(H,24,29)(H,27,28)(H,31,32)(H3,20,22,25,26,30);4-7H2,1-3H3;1H;1H2/t12-;;;/m0.../s1. The summed E-state index contributed by atoms with van der Waals surface area (Å²) in [5.74, 6) is -3.16. The van der Waals surface area contributed by atoms with E-state index in [4.69, 9.17) is 15.9 Å². The van der Waals surface area contributed by atoms with Gasteiger partial charge >= 0.3 is 11.9 Å². The average Bonchev–Trinajstić information content (AvgIpc) is 2.96. The summed E-state index contributed by atoms with van der Waals surface area (Å²) in [4.78, 5) is 70.5. The largest absolute Gasteiger partial charge is 0.481 e. The highest BCUT2D eigenvalue weighted by Gasteiger charge is 2.21. The van der Waals surface area contributed by atoms with Gasteiger partial charge in [-0.3, -0.25) is 19.4 Å². The molecule has 1 amide bonds. The minimum Gasteiger partial charge on any atom is -0.481 e. The molecule has 0 saturated carbocycles. The topological polar surface area (TPSA) is 273 Å². The van der Waals surface area contributed by atoms with Crippen molar-refractivity contribution in [1.29, 1.82) is 0 Å². The lowest BCUT2D eigenvalue weighted by molar-refractivity contribution is -0.140. The van der Waals surface area contributed by atoms with Crippen LogP contribution in [0, 0.1) is 0 Å². The van der Waals surface area contributed by atoms with Gasteiger partial charge in [-0.1, -0.05) is 0 Å². The summed E-state index contributed by atoms with van der Waals surface area (Å²) in [6.07, 6.45) is 1.92. The second-order valence-electron chi connectivity index (χ2n) is 9.33. The van der Waals surface area contributed by atoms with Crippen LogP contribution in [0.1, 0.15) is 42.2 Å². The highest BCUT2D eigenvalue weighted by Crippen LogP contribution is 2.12. The number of aliphatic imine (C=N–C) groups is 2. The van der Waals surface area contributed by atoms with Crippen LogP contribution in [0.15, 0.2) is 45.2 Å². The number of rotatable bonds is 14. The Morgan fingerprint density at radius 2 is 1.82 bits per heavy atom. The molecule has 1 atom stereocenters. The van der Waals surface area contributed by atoms with Crippen LogP contribution in [0.3, 0.4) is 0 Å². The maximum atomic E-state index is 12.3. The molecule has 0 unspecified atom stereocenters. The number of aliphatic carboxylic acids is 2. The number of hydrogen-bond donors (Lipinski definition) is 6. The fourth-order valence-electron chi connectivity index (χ4n) is 3.39. The van der Waals surface area contributed by atoms with E-state index in [0.717, 1.165) is 26.1 Å². The Kier molecular flexibility index (Phi) is 18.6. The molecule has 246 valence electrons. The highest BCUT2D eigenvalue weighted by molar-refractivity contribution is 5.97. The molecule has 0 fully saturated rings. The van der Waals surface area contributed by atoms with Crippen molar-refractivity contribution in [3.05, 3.63) is 52.1 Å². The lowest BCUT2D eigenvalue weighted by Crippen LogP contribution is -2.41. The predicted molar refractivity (Wildman–Crippen MR) is 171 cm³/mol. The Labute approximate surface area is 264 Å². The molecule has 3 rings (SSSR count). The molecule has 0 saturated heterocycles. The Bertz CT molecular complexity index is 1510. The molecular formula is C27H39ClN10O7. The SMILES string of the molecule is CCN=C=NCCCN(C)C.Cl.Nc1nc2ncc(CNc3ccc(C(=O)N[C@@H](CCC(=O)O)C(=O)O)cc3)nc2c(=O)[nH]1.O. The van der Waals surface area contributed by atoms with Gasteiger partial charge in [0.25, 0.3) is 11.5 Å². The number of anilines is 2. The fraction of sp³-hybridized carbons (Fsp3) is 0.407. The minimum absolute atomic E-state index is 0. The number of carbonyl (C=O) groups excluding carboxylic acids is 1. The van der Waals surface area contributed by atoms with E-state index in [0.29, 0.717) is 11.4 Å². The maximum Gasteiger partial charge on any atom is 0.326 e. The summed E-state index contributed by atoms with van der Waals surface area (Å²) in [6, 6.07) is 7.50. The van der Waals surface area contributed by atoms with E-state index in [2.05, 4.69) is 65.6 Å². The van der Waals surface area contributed by atoms with Crippen LogP contribution >= 0.6 is 12.4 Å². The van der Waals surface area contributed by atoms with Gasteiger partial charge in [0.2, 0.25) is 5.95 Å². The van der Waals surface area contributed by atoms with Crippen molar-refractivity contribution < 1.29 is 30.1 Å². The molecule has 0 aliphatic carbocycles. The minimum atomic E-state index is -1.31. The Morgan fingerprint density at radius 3 is 2.42 bits per heavy atom. The first-order valence-electron chi connectivity index (χ1n) is 13.3. The van der Waals surface area contributed by atoms with Gasteiger partial charge in [-0.05, 0) is 64.7 Å². The number of nitrogens with zero attached hydrogens (tertiary/aromatic N) is 6. The first-order valence-corrected chi connectivity index (χ1v) is 13.3.